The lowest BCUT2D eigenvalue weighted by atomic mass is 10.0. The Morgan fingerprint density at radius 3 is 1.19 bits per heavy atom. The van der Waals surface area contributed by atoms with Gasteiger partial charge < -0.3 is 28.5 Å². The summed E-state index contributed by atoms with van der Waals surface area (Å²) in [6, 6.07) is -0.878. The molecule has 0 fully saturated rings. The Morgan fingerprint density at radius 1 is 0.493 bits per heavy atom. The van der Waals surface area contributed by atoms with Crippen molar-refractivity contribution in [3.63, 3.8) is 0 Å². The number of phosphoric acid groups is 1. The van der Waals surface area contributed by atoms with E-state index in [4.69, 9.17) is 13.8 Å². The zero-order valence-electron chi connectivity index (χ0n) is 46.8. The zero-order valence-corrected chi connectivity index (χ0v) is 47.7. The Bertz CT molecular complexity index is 1190. The minimum Gasteiger partial charge on any atom is -0.756 e. The highest BCUT2D eigenvalue weighted by Gasteiger charge is 2.27. The van der Waals surface area contributed by atoms with E-state index in [1.54, 1.807) is 0 Å². The largest absolute Gasteiger partial charge is 0.756 e. The van der Waals surface area contributed by atoms with Gasteiger partial charge in [0.15, 0.2) is 0 Å². The van der Waals surface area contributed by atoms with Crippen LogP contribution in [0.2, 0.25) is 0 Å². The lowest BCUT2D eigenvalue weighted by Crippen LogP contribution is -2.47. The van der Waals surface area contributed by atoms with Crippen LogP contribution in [0, 0.1) is 0 Å². The molecule has 0 aromatic heterocycles. The van der Waals surface area contributed by atoms with E-state index in [-0.39, 0.29) is 31.5 Å². The second kappa shape index (κ2) is 50.3. The standard InChI is InChI=1S/C59H117N2O7P/c1-7-10-13-16-19-22-25-28-29-30-31-34-37-40-43-46-49-52-59(63)68-57(50-47-44-41-38-35-32-26-23-20-17-14-11-8-2)56(55-67-69(64,65)66-54-53-61(4,5)6)60-58(62)51-48-45-42-39-36-33-27-24-21-18-15-12-9-3/h47,50,56-57H,7-46,48-49,51-55H2,1-6H3,(H-,60,62,64,65)/b50-47+. The summed E-state index contributed by atoms with van der Waals surface area (Å²) in [7, 11) is 1.20. The van der Waals surface area contributed by atoms with Gasteiger partial charge in [0.05, 0.1) is 33.8 Å². The molecule has 10 heteroatoms. The Kier molecular flexibility index (Phi) is 49.4. The van der Waals surface area contributed by atoms with E-state index in [9.17, 15) is 19.0 Å². The summed E-state index contributed by atoms with van der Waals surface area (Å²) in [5, 5.41) is 3.03. The Morgan fingerprint density at radius 2 is 0.826 bits per heavy atom. The van der Waals surface area contributed by atoms with Crippen LogP contribution in [0.3, 0.4) is 0 Å². The number of esters is 1. The molecule has 0 aliphatic rings. The van der Waals surface area contributed by atoms with Crippen molar-refractivity contribution < 1.29 is 37.3 Å². The maximum Gasteiger partial charge on any atom is 0.306 e. The number of rotatable bonds is 55. The highest BCUT2D eigenvalue weighted by atomic mass is 31.2. The molecule has 0 rings (SSSR count). The third kappa shape index (κ3) is 51.5. The van der Waals surface area contributed by atoms with Crippen LogP contribution < -0.4 is 10.2 Å². The topological polar surface area (TPSA) is 114 Å². The van der Waals surface area contributed by atoms with Crippen LogP contribution in [0.15, 0.2) is 12.2 Å². The molecule has 0 aromatic rings. The van der Waals surface area contributed by atoms with Gasteiger partial charge in [0.2, 0.25) is 5.91 Å². The van der Waals surface area contributed by atoms with Gasteiger partial charge in [0, 0.05) is 12.8 Å². The number of hydrogen-bond acceptors (Lipinski definition) is 7. The van der Waals surface area contributed by atoms with Gasteiger partial charge in [0.1, 0.15) is 19.3 Å². The summed E-state index contributed by atoms with van der Waals surface area (Å²) in [5.41, 5.74) is 0. The lowest BCUT2D eigenvalue weighted by Gasteiger charge is -2.30. The van der Waals surface area contributed by atoms with Crippen molar-refractivity contribution >= 4 is 19.7 Å². The van der Waals surface area contributed by atoms with Crippen LogP contribution in [-0.4, -0.2) is 69.4 Å². The van der Waals surface area contributed by atoms with E-state index >= 15 is 0 Å². The summed E-state index contributed by atoms with van der Waals surface area (Å²) in [5.74, 6) is -0.521. The molecule has 3 unspecified atom stereocenters. The molecule has 9 nitrogen and oxygen atoms in total. The Hall–Kier alpha value is -1.25. The molecular weight excluding hydrogens is 880 g/mol. The first-order chi connectivity index (χ1) is 33.4. The second-order valence-corrected chi connectivity index (χ2v) is 23.3. The van der Waals surface area contributed by atoms with Crippen LogP contribution in [-0.2, 0) is 27.9 Å². The number of carbonyl (C=O) groups is 2. The third-order valence-electron chi connectivity index (χ3n) is 13.7. The second-order valence-electron chi connectivity index (χ2n) is 21.9. The number of nitrogens with zero attached hydrogens (tertiary/aromatic N) is 1. The molecule has 0 aliphatic heterocycles. The molecule has 0 radical (unpaired) electrons. The van der Waals surface area contributed by atoms with Gasteiger partial charge in [-0.3, -0.25) is 14.2 Å². The van der Waals surface area contributed by atoms with Crippen molar-refractivity contribution in [2.45, 2.75) is 315 Å². The average Bonchev–Trinajstić information content (AvgIpc) is 3.31. The van der Waals surface area contributed by atoms with Gasteiger partial charge >= 0.3 is 5.97 Å². The van der Waals surface area contributed by atoms with Gasteiger partial charge in [0.25, 0.3) is 7.82 Å². The number of unbranched alkanes of at least 4 members (excludes halogenated alkanes) is 39. The third-order valence-corrected chi connectivity index (χ3v) is 14.7. The number of ether oxygens (including phenoxy) is 1. The van der Waals surface area contributed by atoms with Crippen molar-refractivity contribution in [1.82, 2.24) is 5.32 Å². The maximum atomic E-state index is 13.5. The number of quaternary nitrogens is 1. The van der Waals surface area contributed by atoms with Crippen molar-refractivity contribution in [3.05, 3.63) is 12.2 Å². The smallest absolute Gasteiger partial charge is 0.306 e. The number of hydrogen-bond donors (Lipinski definition) is 1. The van der Waals surface area contributed by atoms with Crippen LogP contribution in [0.5, 0.6) is 0 Å². The normalized spacial score (nSPS) is 13.8. The Labute approximate surface area is 429 Å². The van der Waals surface area contributed by atoms with Crippen molar-refractivity contribution in [2.24, 2.45) is 0 Å². The molecule has 3 atom stereocenters. The summed E-state index contributed by atoms with van der Waals surface area (Å²) >= 11 is 0. The van der Waals surface area contributed by atoms with Crippen molar-refractivity contribution in [2.75, 3.05) is 40.9 Å². The van der Waals surface area contributed by atoms with E-state index in [1.165, 1.54) is 212 Å². The molecule has 0 aliphatic carbocycles. The summed E-state index contributed by atoms with van der Waals surface area (Å²) in [6.45, 7) is 6.89. The molecule has 1 amide bonds. The van der Waals surface area contributed by atoms with Crippen LogP contribution in [0.4, 0.5) is 0 Å². The number of phosphoric ester groups is 1. The molecule has 0 bridgehead atoms. The molecule has 1 N–H and O–H groups in total. The van der Waals surface area contributed by atoms with Gasteiger partial charge in [-0.2, -0.15) is 0 Å². The fraction of sp³-hybridized carbons (Fsp3) is 0.932. The average molecular weight is 998 g/mol. The summed E-state index contributed by atoms with van der Waals surface area (Å²) in [4.78, 5) is 39.9. The fourth-order valence-corrected chi connectivity index (χ4v) is 9.78. The number of likely N-dealkylation sites (N-methyl/N-ethyl adjacent to an activating group) is 1. The predicted molar refractivity (Wildman–Crippen MR) is 294 cm³/mol. The SMILES string of the molecule is CCCCCCCCCCCCC/C=C/C(OC(=O)CCCCCCCCCCCCCCCCCCC)C(COP(=O)([O-])OCC[N+](C)(C)C)NC(=O)CCCCCCCCCCCCCCC. The first kappa shape index (κ1) is 67.8. The number of amides is 1. The molecule has 0 aromatic carbocycles. The first-order valence-corrected chi connectivity index (χ1v) is 31.5. The quantitative estimate of drug-likeness (QED) is 0.0212. The number of carbonyl (C=O) groups excluding carboxylic acids is 2. The molecule has 0 saturated heterocycles. The number of nitrogens with one attached hydrogen (secondary N) is 1. The highest BCUT2D eigenvalue weighted by Crippen LogP contribution is 2.38. The van der Waals surface area contributed by atoms with Gasteiger partial charge in [-0.15, -0.1) is 0 Å². The van der Waals surface area contributed by atoms with E-state index in [0.717, 1.165) is 57.8 Å². The Balaban J connectivity index is 5.28. The predicted octanol–water partition coefficient (Wildman–Crippen LogP) is 17.4. The molecule has 0 heterocycles. The molecular formula is C59H117N2O7P. The molecule has 69 heavy (non-hydrogen) atoms. The monoisotopic (exact) mass is 997 g/mol. The van der Waals surface area contributed by atoms with Crippen LogP contribution >= 0.6 is 7.82 Å². The number of allylic oxidation sites excluding steroid dienone is 1. The van der Waals surface area contributed by atoms with Crippen LogP contribution in [0.25, 0.3) is 0 Å². The lowest BCUT2D eigenvalue weighted by molar-refractivity contribution is -0.870. The maximum absolute atomic E-state index is 13.5. The summed E-state index contributed by atoms with van der Waals surface area (Å²) in [6.07, 6.45) is 55.9. The minimum absolute atomic E-state index is 0.0169. The van der Waals surface area contributed by atoms with Crippen molar-refractivity contribution in [3.8, 4) is 0 Å². The first-order valence-electron chi connectivity index (χ1n) is 30.0. The molecule has 0 saturated carbocycles. The summed E-state index contributed by atoms with van der Waals surface area (Å²) < 4.78 is 30.3. The van der Waals surface area contributed by atoms with Gasteiger partial charge in [-0.1, -0.05) is 271 Å². The van der Waals surface area contributed by atoms with E-state index < -0.39 is 20.0 Å². The highest BCUT2D eigenvalue weighted by molar-refractivity contribution is 7.45. The van der Waals surface area contributed by atoms with Crippen LogP contribution in [0.1, 0.15) is 303 Å². The van der Waals surface area contributed by atoms with Crippen molar-refractivity contribution in [1.29, 1.82) is 0 Å². The van der Waals surface area contributed by atoms with E-state index in [1.807, 2.05) is 33.3 Å². The van der Waals surface area contributed by atoms with E-state index in [0.29, 0.717) is 17.4 Å². The minimum atomic E-state index is -4.69. The van der Waals surface area contributed by atoms with Gasteiger partial charge in [-0.05, 0) is 31.8 Å². The molecule has 0 spiro atoms. The molecule has 410 valence electrons. The fourth-order valence-electron chi connectivity index (χ4n) is 9.05. The van der Waals surface area contributed by atoms with Gasteiger partial charge in [-0.25, -0.2) is 0 Å². The van der Waals surface area contributed by atoms with E-state index in [2.05, 4.69) is 26.1 Å². The zero-order chi connectivity index (χ0) is 50.8.